The lowest BCUT2D eigenvalue weighted by atomic mass is 9.97. The molecule has 1 heterocycles. The molecule has 1 saturated heterocycles. The zero-order valence-electron chi connectivity index (χ0n) is 18.7. The Kier molecular flexibility index (Phi) is 8.91. The Morgan fingerprint density at radius 1 is 1.03 bits per heavy atom. The third-order valence-corrected chi connectivity index (χ3v) is 5.78. The van der Waals surface area contributed by atoms with Crippen LogP contribution in [0.4, 0.5) is 0 Å². The topological polar surface area (TPSA) is 68.8 Å². The van der Waals surface area contributed by atoms with Crippen molar-refractivity contribution in [3.63, 3.8) is 0 Å². The third-order valence-electron chi connectivity index (χ3n) is 5.78. The van der Waals surface area contributed by atoms with Gasteiger partial charge in [-0.2, -0.15) is 0 Å². The number of piperidine rings is 1. The van der Waals surface area contributed by atoms with Gasteiger partial charge < -0.3 is 16.0 Å². The normalized spacial score (nSPS) is 19.6. The summed E-state index contributed by atoms with van der Waals surface area (Å²) in [6, 6.07) is 21.5. The molecule has 1 aliphatic heterocycles. The fraction of sp³-hybridized carbons (Fsp3) is 0.440. The Morgan fingerprint density at radius 3 is 2.35 bits per heavy atom. The van der Waals surface area contributed by atoms with Crippen LogP contribution in [0.5, 0.6) is 0 Å². The van der Waals surface area contributed by atoms with Crippen LogP contribution in [0.1, 0.15) is 37.3 Å². The highest BCUT2D eigenvalue weighted by Gasteiger charge is 2.25. The lowest BCUT2D eigenvalue weighted by Gasteiger charge is -2.38. The van der Waals surface area contributed by atoms with E-state index in [0.717, 1.165) is 37.5 Å². The van der Waals surface area contributed by atoms with Gasteiger partial charge in [0.1, 0.15) is 0 Å². The molecule has 3 N–H and O–H groups in total. The Labute approximate surface area is 186 Å². The summed E-state index contributed by atoms with van der Waals surface area (Å²) in [4.78, 5) is 19.0. The molecule has 1 amide bonds. The van der Waals surface area contributed by atoms with Gasteiger partial charge in [-0.25, -0.2) is 0 Å². The average molecular weight is 422 g/mol. The van der Waals surface area contributed by atoms with Gasteiger partial charge in [-0.1, -0.05) is 60.7 Å². The molecule has 1 aliphatic rings. The number of likely N-dealkylation sites (tertiary alicyclic amines) is 1. The van der Waals surface area contributed by atoms with Crippen LogP contribution in [0, 0.1) is 0 Å². The van der Waals surface area contributed by atoms with Gasteiger partial charge in [-0.15, -0.1) is 0 Å². The molecule has 0 aromatic heterocycles. The minimum absolute atomic E-state index is 0.0367. The van der Waals surface area contributed by atoms with Crippen molar-refractivity contribution in [3.8, 4) is 0 Å². The average Bonchev–Trinajstić information content (AvgIpc) is 2.80. The van der Waals surface area contributed by atoms with Crippen molar-refractivity contribution < 1.29 is 4.79 Å². The number of carbonyl (C=O) groups excluding carboxylic acids is 1. The van der Waals surface area contributed by atoms with Crippen molar-refractivity contribution in [2.24, 2.45) is 4.99 Å². The maximum atomic E-state index is 12.1. The Balaban J connectivity index is 1.35. The first-order valence-electron chi connectivity index (χ1n) is 11.2. The van der Waals surface area contributed by atoms with Crippen molar-refractivity contribution in [3.05, 3.63) is 71.8 Å². The number of hydrogen-bond donors (Lipinski definition) is 3. The minimum atomic E-state index is 0.0367. The molecule has 1 fully saturated rings. The molecule has 0 saturated carbocycles. The summed E-state index contributed by atoms with van der Waals surface area (Å²) >= 11 is 0. The quantitative estimate of drug-likeness (QED) is 0.453. The van der Waals surface area contributed by atoms with E-state index < -0.39 is 0 Å². The van der Waals surface area contributed by atoms with Crippen molar-refractivity contribution in [1.29, 1.82) is 0 Å². The number of rotatable bonds is 8. The zero-order chi connectivity index (χ0) is 21.9. The predicted octanol–water partition coefficient (Wildman–Crippen LogP) is 2.91. The molecule has 0 radical (unpaired) electrons. The maximum Gasteiger partial charge on any atom is 0.222 e. The van der Waals surface area contributed by atoms with Crippen molar-refractivity contribution in [1.82, 2.24) is 20.9 Å². The Hall–Kier alpha value is -2.86. The van der Waals surface area contributed by atoms with Crippen LogP contribution in [0.15, 0.2) is 65.7 Å². The van der Waals surface area contributed by atoms with E-state index in [1.54, 1.807) is 7.05 Å². The van der Waals surface area contributed by atoms with Crippen LogP contribution in [0.25, 0.3) is 0 Å². The number of aliphatic imine (C=N–C) groups is 1. The van der Waals surface area contributed by atoms with E-state index in [9.17, 15) is 4.79 Å². The molecule has 2 aromatic carbocycles. The molecule has 2 unspecified atom stereocenters. The molecule has 0 aliphatic carbocycles. The number of amides is 1. The molecule has 6 nitrogen and oxygen atoms in total. The van der Waals surface area contributed by atoms with E-state index in [-0.39, 0.29) is 5.91 Å². The summed E-state index contributed by atoms with van der Waals surface area (Å²) in [7, 11) is 1.78. The Morgan fingerprint density at radius 2 is 1.71 bits per heavy atom. The van der Waals surface area contributed by atoms with E-state index in [1.165, 1.54) is 5.56 Å². The van der Waals surface area contributed by atoms with Gasteiger partial charge in [0.05, 0.1) is 0 Å². The van der Waals surface area contributed by atoms with Crippen LogP contribution >= 0.6 is 0 Å². The predicted molar refractivity (Wildman–Crippen MR) is 127 cm³/mol. The van der Waals surface area contributed by atoms with Crippen LogP contribution < -0.4 is 16.0 Å². The Bertz CT molecular complexity index is 824. The van der Waals surface area contributed by atoms with Gasteiger partial charge in [-0.05, 0) is 30.9 Å². The summed E-state index contributed by atoms with van der Waals surface area (Å²) in [6.07, 6.45) is 2.57. The first-order valence-corrected chi connectivity index (χ1v) is 11.2. The molecule has 2 atom stereocenters. The summed E-state index contributed by atoms with van der Waals surface area (Å²) in [5.74, 6) is 0.805. The highest BCUT2D eigenvalue weighted by molar-refractivity contribution is 5.81. The number of guanidine groups is 1. The van der Waals surface area contributed by atoms with Crippen LogP contribution in [-0.4, -0.2) is 49.0 Å². The molecular weight excluding hydrogens is 386 g/mol. The van der Waals surface area contributed by atoms with Crippen LogP contribution in [0.2, 0.25) is 0 Å². The lowest BCUT2D eigenvalue weighted by molar-refractivity contribution is -0.121. The van der Waals surface area contributed by atoms with E-state index >= 15 is 0 Å². The second-order valence-corrected chi connectivity index (χ2v) is 8.18. The number of nitrogens with one attached hydrogen (secondary N) is 3. The summed E-state index contributed by atoms with van der Waals surface area (Å²) < 4.78 is 0. The SMILES string of the molecule is CN=C(NCCC(=O)NCc1ccccc1)NC1CCN(Cc2ccccc2)C(C)C1. The number of benzene rings is 2. The molecule has 0 spiro atoms. The summed E-state index contributed by atoms with van der Waals surface area (Å²) in [6.45, 7) is 5.48. The van der Waals surface area contributed by atoms with E-state index in [2.05, 4.69) is 63.1 Å². The summed E-state index contributed by atoms with van der Waals surface area (Å²) in [5, 5.41) is 9.77. The van der Waals surface area contributed by atoms with Gasteiger partial charge >= 0.3 is 0 Å². The molecule has 3 rings (SSSR count). The number of hydrogen-bond acceptors (Lipinski definition) is 3. The number of nitrogens with zero attached hydrogens (tertiary/aromatic N) is 2. The molecule has 6 heteroatoms. The lowest BCUT2D eigenvalue weighted by Crippen LogP contribution is -2.51. The molecule has 31 heavy (non-hydrogen) atoms. The van der Waals surface area contributed by atoms with Crippen molar-refractivity contribution in [2.45, 2.75) is 51.4 Å². The molecule has 0 bridgehead atoms. The van der Waals surface area contributed by atoms with Gasteiger partial charge in [0, 0.05) is 51.7 Å². The molecule has 166 valence electrons. The van der Waals surface area contributed by atoms with Crippen LogP contribution in [0.3, 0.4) is 0 Å². The van der Waals surface area contributed by atoms with E-state index in [1.807, 2.05) is 30.3 Å². The van der Waals surface area contributed by atoms with Gasteiger partial charge in [0.15, 0.2) is 5.96 Å². The monoisotopic (exact) mass is 421 g/mol. The zero-order valence-corrected chi connectivity index (χ0v) is 18.7. The van der Waals surface area contributed by atoms with Crippen LogP contribution in [-0.2, 0) is 17.9 Å². The van der Waals surface area contributed by atoms with E-state index in [0.29, 0.717) is 31.6 Å². The molecule has 2 aromatic rings. The second-order valence-electron chi connectivity index (χ2n) is 8.18. The highest BCUT2D eigenvalue weighted by Crippen LogP contribution is 2.19. The van der Waals surface area contributed by atoms with Crippen molar-refractivity contribution >= 4 is 11.9 Å². The number of carbonyl (C=O) groups is 1. The first-order chi connectivity index (χ1) is 15.1. The second kappa shape index (κ2) is 12.1. The largest absolute Gasteiger partial charge is 0.356 e. The fourth-order valence-corrected chi connectivity index (χ4v) is 3.97. The fourth-order valence-electron chi connectivity index (χ4n) is 3.97. The minimum Gasteiger partial charge on any atom is -0.356 e. The van der Waals surface area contributed by atoms with E-state index in [4.69, 9.17) is 0 Å². The van der Waals surface area contributed by atoms with Gasteiger partial charge in [0.2, 0.25) is 5.91 Å². The smallest absolute Gasteiger partial charge is 0.222 e. The summed E-state index contributed by atoms with van der Waals surface area (Å²) in [5.41, 5.74) is 2.47. The van der Waals surface area contributed by atoms with Gasteiger partial charge in [0.25, 0.3) is 0 Å². The maximum absolute atomic E-state index is 12.1. The van der Waals surface area contributed by atoms with Crippen molar-refractivity contribution in [2.75, 3.05) is 20.1 Å². The third kappa shape index (κ3) is 7.72. The van der Waals surface area contributed by atoms with Gasteiger partial charge in [-0.3, -0.25) is 14.7 Å². The first kappa shape index (κ1) is 22.8. The molecular formula is C25H35N5O. The highest BCUT2D eigenvalue weighted by atomic mass is 16.1. The standard InChI is InChI=1S/C25H35N5O/c1-20-17-23(14-16-30(20)19-22-11-7-4-8-12-22)29-25(26-2)27-15-13-24(31)28-18-21-9-5-3-6-10-21/h3-12,20,23H,13-19H2,1-2H3,(H,28,31)(H2,26,27,29).